The van der Waals surface area contributed by atoms with Crippen molar-refractivity contribution in [3.05, 3.63) is 35.4 Å². The third-order valence-electron chi connectivity index (χ3n) is 2.25. The van der Waals surface area contributed by atoms with Gasteiger partial charge < -0.3 is 11.1 Å². The van der Waals surface area contributed by atoms with E-state index in [9.17, 15) is 8.78 Å². The molecule has 0 unspecified atom stereocenters. The Bertz CT molecular complexity index is 371. The van der Waals surface area contributed by atoms with Crippen LogP contribution in [0, 0.1) is 11.6 Å². The summed E-state index contributed by atoms with van der Waals surface area (Å²) < 4.78 is 26.5. The molecule has 0 saturated carbocycles. The van der Waals surface area contributed by atoms with Crippen LogP contribution in [0.3, 0.4) is 0 Å². The second-order valence-corrected chi connectivity index (χ2v) is 3.64. The number of rotatable bonds is 5. The first-order valence-electron chi connectivity index (χ1n) is 5.61. The molecule has 0 radical (unpaired) electrons. The molecule has 0 aliphatic heterocycles. The van der Waals surface area contributed by atoms with E-state index in [4.69, 9.17) is 5.73 Å². The fourth-order valence-electron chi connectivity index (χ4n) is 1.37. The Morgan fingerprint density at radius 3 is 2.59 bits per heavy atom. The van der Waals surface area contributed by atoms with Gasteiger partial charge in [0.15, 0.2) is 5.96 Å². The highest BCUT2D eigenvalue weighted by molar-refractivity contribution is 5.77. The number of benzene rings is 1. The number of nitrogens with two attached hydrogens (primary N) is 1. The number of hydrogen-bond acceptors (Lipinski definition) is 1. The highest BCUT2D eigenvalue weighted by Crippen LogP contribution is 2.11. The summed E-state index contributed by atoms with van der Waals surface area (Å²) in [5.41, 5.74) is 5.62. The Kier molecular flexibility index (Phi) is 5.39. The fraction of sp³-hybridized carbons (Fsp3) is 0.417. The van der Waals surface area contributed by atoms with Gasteiger partial charge in [-0.15, -0.1) is 0 Å². The molecule has 1 aromatic carbocycles. The van der Waals surface area contributed by atoms with E-state index < -0.39 is 11.6 Å². The lowest BCUT2D eigenvalue weighted by Crippen LogP contribution is -2.33. The fourth-order valence-corrected chi connectivity index (χ4v) is 1.37. The quantitative estimate of drug-likeness (QED) is 0.610. The summed E-state index contributed by atoms with van der Waals surface area (Å²) >= 11 is 0. The Labute approximate surface area is 99.7 Å². The molecule has 0 aromatic heterocycles. The van der Waals surface area contributed by atoms with Crippen LogP contribution in [0.4, 0.5) is 8.78 Å². The van der Waals surface area contributed by atoms with Crippen LogP contribution >= 0.6 is 0 Å². The standard InChI is InChI=1S/C12H17F2N3/c1-2-7-16-12(15)17-8-6-9-10(13)4-3-5-11(9)14/h3-5H,2,6-8H2,1H3,(H3,15,16,17). The van der Waals surface area contributed by atoms with E-state index in [1.54, 1.807) is 0 Å². The number of aliphatic imine (C=N–C) groups is 1. The molecule has 0 fully saturated rings. The van der Waals surface area contributed by atoms with Crippen LogP contribution < -0.4 is 11.1 Å². The van der Waals surface area contributed by atoms with Gasteiger partial charge in [-0.2, -0.15) is 0 Å². The molecule has 0 heterocycles. The summed E-state index contributed by atoms with van der Waals surface area (Å²) in [5.74, 6) is -0.754. The predicted molar refractivity (Wildman–Crippen MR) is 64.8 cm³/mol. The molecule has 0 bridgehead atoms. The average Bonchev–Trinajstić information content (AvgIpc) is 2.30. The molecule has 0 aliphatic rings. The summed E-state index contributed by atoms with van der Waals surface area (Å²) in [6.07, 6.45) is 1.14. The highest BCUT2D eigenvalue weighted by Gasteiger charge is 2.07. The van der Waals surface area contributed by atoms with Crippen molar-refractivity contribution in [2.24, 2.45) is 10.7 Å². The van der Waals surface area contributed by atoms with E-state index in [0.29, 0.717) is 19.0 Å². The number of nitrogens with one attached hydrogen (secondary N) is 1. The van der Waals surface area contributed by atoms with Crippen LogP contribution in [0.15, 0.2) is 23.2 Å². The average molecular weight is 241 g/mol. The first kappa shape index (κ1) is 13.4. The molecule has 3 N–H and O–H groups in total. The molecule has 3 nitrogen and oxygen atoms in total. The van der Waals surface area contributed by atoms with Gasteiger partial charge >= 0.3 is 0 Å². The zero-order valence-corrected chi connectivity index (χ0v) is 9.84. The number of guanidine groups is 1. The van der Waals surface area contributed by atoms with Crippen molar-refractivity contribution in [2.45, 2.75) is 19.8 Å². The van der Waals surface area contributed by atoms with Crippen LogP contribution in [-0.2, 0) is 6.42 Å². The highest BCUT2D eigenvalue weighted by atomic mass is 19.1. The first-order valence-corrected chi connectivity index (χ1v) is 5.61. The van der Waals surface area contributed by atoms with Crippen LogP contribution in [0.2, 0.25) is 0 Å². The van der Waals surface area contributed by atoms with Crippen molar-refractivity contribution in [2.75, 3.05) is 13.1 Å². The topological polar surface area (TPSA) is 50.4 Å². The second kappa shape index (κ2) is 6.83. The van der Waals surface area contributed by atoms with E-state index in [1.807, 2.05) is 6.92 Å². The summed E-state index contributed by atoms with van der Waals surface area (Å²) in [6.45, 7) is 3.00. The zero-order valence-electron chi connectivity index (χ0n) is 9.84. The minimum atomic E-state index is -0.532. The van der Waals surface area contributed by atoms with Gasteiger partial charge in [-0.3, -0.25) is 4.99 Å². The van der Waals surface area contributed by atoms with E-state index in [0.717, 1.165) is 6.42 Å². The molecule has 0 spiro atoms. The molecule has 0 amide bonds. The predicted octanol–water partition coefficient (Wildman–Crippen LogP) is 1.82. The SMILES string of the molecule is CCCN=C(N)NCCc1c(F)cccc1F. The van der Waals surface area contributed by atoms with Crippen molar-refractivity contribution in [3.8, 4) is 0 Å². The molecule has 5 heteroatoms. The lowest BCUT2D eigenvalue weighted by atomic mass is 10.1. The molecule has 17 heavy (non-hydrogen) atoms. The summed E-state index contributed by atoms with van der Waals surface area (Å²) in [5, 5.41) is 2.81. The van der Waals surface area contributed by atoms with Crippen LogP contribution in [0.5, 0.6) is 0 Å². The van der Waals surface area contributed by atoms with Crippen LogP contribution in [0.25, 0.3) is 0 Å². The normalized spacial score (nSPS) is 11.6. The number of nitrogens with zero attached hydrogens (tertiary/aromatic N) is 1. The summed E-state index contributed by atoms with van der Waals surface area (Å²) in [4.78, 5) is 4.01. The van der Waals surface area contributed by atoms with Gasteiger partial charge in [-0.05, 0) is 25.0 Å². The lowest BCUT2D eigenvalue weighted by Gasteiger charge is -2.07. The molecule has 0 atom stereocenters. The van der Waals surface area contributed by atoms with Crippen molar-refractivity contribution in [1.29, 1.82) is 0 Å². The summed E-state index contributed by atoms with van der Waals surface area (Å²) in [7, 11) is 0. The maximum atomic E-state index is 13.2. The Balaban J connectivity index is 2.46. The Hall–Kier alpha value is -1.65. The molecule has 1 rings (SSSR count). The minimum absolute atomic E-state index is 0.0725. The van der Waals surface area contributed by atoms with Crippen molar-refractivity contribution < 1.29 is 8.78 Å². The van der Waals surface area contributed by atoms with Gasteiger partial charge in [0.1, 0.15) is 11.6 Å². The third kappa shape index (κ3) is 4.38. The molecular weight excluding hydrogens is 224 g/mol. The van der Waals surface area contributed by atoms with Gasteiger partial charge in [0.05, 0.1) is 0 Å². The number of hydrogen-bond donors (Lipinski definition) is 2. The molecule has 1 aromatic rings. The van der Waals surface area contributed by atoms with E-state index >= 15 is 0 Å². The molecular formula is C12H17F2N3. The first-order chi connectivity index (χ1) is 8.15. The maximum Gasteiger partial charge on any atom is 0.188 e. The van der Waals surface area contributed by atoms with Gasteiger partial charge in [-0.1, -0.05) is 13.0 Å². The molecule has 0 saturated heterocycles. The van der Waals surface area contributed by atoms with Crippen molar-refractivity contribution in [3.63, 3.8) is 0 Å². The van der Waals surface area contributed by atoms with E-state index in [2.05, 4.69) is 10.3 Å². The molecule has 0 aliphatic carbocycles. The lowest BCUT2D eigenvalue weighted by molar-refractivity contribution is 0.553. The van der Waals surface area contributed by atoms with Gasteiger partial charge in [0.25, 0.3) is 0 Å². The zero-order chi connectivity index (χ0) is 12.7. The van der Waals surface area contributed by atoms with Crippen LogP contribution in [0.1, 0.15) is 18.9 Å². The number of halogens is 2. The smallest absolute Gasteiger partial charge is 0.188 e. The largest absolute Gasteiger partial charge is 0.370 e. The van der Waals surface area contributed by atoms with Gasteiger partial charge in [-0.25, -0.2) is 8.78 Å². The van der Waals surface area contributed by atoms with Crippen molar-refractivity contribution >= 4 is 5.96 Å². The Morgan fingerprint density at radius 2 is 2.00 bits per heavy atom. The second-order valence-electron chi connectivity index (χ2n) is 3.64. The minimum Gasteiger partial charge on any atom is -0.370 e. The van der Waals surface area contributed by atoms with Crippen LogP contribution in [-0.4, -0.2) is 19.0 Å². The Morgan fingerprint density at radius 1 is 1.35 bits per heavy atom. The van der Waals surface area contributed by atoms with Gasteiger partial charge in [0.2, 0.25) is 0 Å². The third-order valence-corrected chi connectivity index (χ3v) is 2.25. The van der Waals surface area contributed by atoms with Crippen molar-refractivity contribution in [1.82, 2.24) is 5.32 Å². The maximum absolute atomic E-state index is 13.2. The van der Waals surface area contributed by atoms with E-state index in [1.165, 1.54) is 18.2 Å². The summed E-state index contributed by atoms with van der Waals surface area (Å²) in [6, 6.07) is 3.83. The van der Waals surface area contributed by atoms with Gasteiger partial charge in [0, 0.05) is 18.7 Å². The monoisotopic (exact) mass is 241 g/mol. The molecule has 94 valence electrons. The van der Waals surface area contributed by atoms with E-state index in [-0.39, 0.29) is 12.0 Å².